The summed E-state index contributed by atoms with van der Waals surface area (Å²) in [6.45, 7) is 0. The van der Waals surface area contributed by atoms with Gasteiger partial charge in [0, 0.05) is 49.0 Å². The first-order valence-electron chi connectivity index (χ1n) is 18.8. The van der Waals surface area contributed by atoms with E-state index in [1.54, 1.807) is 0 Å². The molecule has 2 nitrogen and oxygen atoms in total. The first-order chi connectivity index (χ1) is 27.3. The third-order valence-corrected chi connectivity index (χ3v) is 12.6. The van der Waals surface area contributed by atoms with Crippen molar-refractivity contribution in [2.45, 2.75) is 0 Å². The molecular weight excluding hydrogens is 685 g/mol. The topological polar surface area (TPSA) is 8.17 Å². The number of rotatable bonds is 4. The van der Waals surface area contributed by atoms with Gasteiger partial charge < -0.3 is 9.47 Å². The lowest BCUT2D eigenvalue weighted by molar-refractivity contribution is 1.19. The second kappa shape index (κ2) is 11.8. The number of hydrogen-bond donors (Lipinski definition) is 0. The summed E-state index contributed by atoms with van der Waals surface area (Å²) in [7, 11) is 0. The van der Waals surface area contributed by atoms with Crippen LogP contribution in [0.15, 0.2) is 194 Å². The van der Waals surface area contributed by atoms with Crippen molar-refractivity contribution in [3.8, 4) is 5.69 Å². The molecule has 0 spiro atoms. The normalized spacial score (nSPS) is 12.0. The molecule has 0 saturated carbocycles. The Morgan fingerprint density at radius 2 is 0.855 bits per heavy atom. The molecule has 0 amide bonds. The van der Waals surface area contributed by atoms with E-state index in [0.29, 0.717) is 0 Å². The van der Waals surface area contributed by atoms with Gasteiger partial charge in [-0.1, -0.05) is 133 Å². The Bertz CT molecular complexity index is 3440. The van der Waals surface area contributed by atoms with Gasteiger partial charge in [0.1, 0.15) is 0 Å². The summed E-state index contributed by atoms with van der Waals surface area (Å²) in [5, 5.41) is 15.1. The van der Waals surface area contributed by atoms with Gasteiger partial charge in [-0.25, -0.2) is 0 Å². The highest BCUT2D eigenvalue weighted by Gasteiger charge is 2.23. The molecule has 10 aromatic carbocycles. The van der Waals surface area contributed by atoms with E-state index in [0.717, 1.165) is 17.1 Å². The maximum Gasteiger partial charge on any atom is 0.0726 e. The van der Waals surface area contributed by atoms with Gasteiger partial charge in [0.2, 0.25) is 0 Å². The van der Waals surface area contributed by atoms with Crippen molar-refractivity contribution in [2.24, 2.45) is 0 Å². The van der Waals surface area contributed by atoms with E-state index in [4.69, 9.17) is 0 Å². The lowest BCUT2D eigenvalue weighted by atomic mass is 9.98. The van der Waals surface area contributed by atoms with Crippen LogP contribution in [0.25, 0.3) is 90.8 Å². The SMILES string of the molecule is c1ccc2cc(N(c3ccc4ccccc4c3)c3ccc4c(c3)c3c5ccccc5c5c6ccccc6sc5c3n4-c3ccc4ccccc4c3)ccc2c1. The Labute approximate surface area is 321 Å². The average Bonchev–Trinajstić information content (AvgIpc) is 3.80. The smallest absolute Gasteiger partial charge is 0.0726 e. The summed E-state index contributed by atoms with van der Waals surface area (Å²) in [6, 6.07) is 71.5. The highest BCUT2D eigenvalue weighted by Crippen LogP contribution is 2.49. The highest BCUT2D eigenvalue weighted by atomic mass is 32.1. The third-order valence-electron chi connectivity index (χ3n) is 11.5. The molecule has 0 aliphatic carbocycles. The summed E-state index contributed by atoms with van der Waals surface area (Å²) >= 11 is 1.91. The maximum absolute atomic E-state index is 2.53. The second-order valence-corrected chi connectivity index (χ2v) is 15.6. The number of benzene rings is 10. The summed E-state index contributed by atoms with van der Waals surface area (Å²) in [5.74, 6) is 0. The number of aromatic nitrogens is 1. The van der Waals surface area contributed by atoms with Crippen LogP contribution in [0.3, 0.4) is 0 Å². The van der Waals surface area contributed by atoms with E-state index in [9.17, 15) is 0 Å². The molecule has 3 heteroatoms. The van der Waals surface area contributed by atoms with Crippen LogP contribution in [-0.4, -0.2) is 4.57 Å². The minimum Gasteiger partial charge on any atom is -0.310 e. The molecule has 0 fully saturated rings. The molecule has 2 heterocycles. The molecule has 0 aliphatic heterocycles. The largest absolute Gasteiger partial charge is 0.310 e. The van der Waals surface area contributed by atoms with Gasteiger partial charge in [-0.05, 0) is 104 Å². The first kappa shape index (κ1) is 30.5. The molecule has 55 heavy (non-hydrogen) atoms. The molecule has 0 aliphatic rings. The first-order valence-corrected chi connectivity index (χ1v) is 19.7. The van der Waals surface area contributed by atoms with Crippen molar-refractivity contribution in [3.63, 3.8) is 0 Å². The van der Waals surface area contributed by atoms with Crippen LogP contribution >= 0.6 is 11.3 Å². The summed E-state index contributed by atoms with van der Waals surface area (Å²) in [5.41, 5.74) is 7.01. The van der Waals surface area contributed by atoms with Crippen LogP contribution < -0.4 is 4.90 Å². The van der Waals surface area contributed by atoms with Gasteiger partial charge in [0.15, 0.2) is 0 Å². The predicted octanol–water partition coefficient (Wildman–Crippen LogP) is 15.2. The van der Waals surface area contributed by atoms with Gasteiger partial charge in [0.25, 0.3) is 0 Å². The van der Waals surface area contributed by atoms with E-state index in [1.807, 2.05) is 11.3 Å². The molecule has 12 aromatic rings. The summed E-state index contributed by atoms with van der Waals surface area (Å²) in [4.78, 5) is 2.43. The van der Waals surface area contributed by atoms with Gasteiger partial charge in [-0.2, -0.15) is 0 Å². The van der Waals surface area contributed by atoms with Crippen molar-refractivity contribution in [1.82, 2.24) is 4.57 Å². The monoisotopic (exact) mass is 716 g/mol. The summed E-state index contributed by atoms with van der Waals surface area (Å²) < 4.78 is 5.16. The van der Waals surface area contributed by atoms with Gasteiger partial charge in [0.05, 0.1) is 15.7 Å². The Hall–Kier alpha value is -6.94. The minimum absolute atomic E-state index is 1.12. The van der Waals surface area contributed by atoms with E-state index in [2.05, 4.69) is 204 Å². The Kier molecular flexibility index (Phi) is 6.54. The minimum atomic E-state index is 1.12. The van der Waals surface area contributed by atoms with Gasteiger partial charge >= 0.3 is 0 Å². The molecule has 0 unspecified atom stereocenters. The van der Waals surface area contributed by atoms with Gasteiger partial charge in [-0.15, -0.1) is 11.3 Å². The van der Waals surface area contributed by atoms with E-state index < -0.39 is 0 Å². The number of thiophene rings is 1. The fourth-order valence-electron chi connectivity index (χ4n) is 8.97. The molecule has 0 saturated heterocycles. The van der Waals surface area contributed by atoms with Crippen LogP contribution in [0.2, 0.25) is 0 Å². The molecule has 0 N–H and O–H groups in total. The molecule has 2 aromatic heterocycles. The zero-order valence-corrected chi connectivity index (χ0v) is 30.6. The van der Waals surface area contributed by atoms with Crippen LogP contribution in [0, 0.1) is 0 Å². The molecule has 12 rings (SSSR count). The van der Waals surface area contributed by atoms with E-state index >= 15 is 0 Å². The fraction of sp³-hybridized carbons (Fsp3) is 0. The fourth-order valence-corrected chi connectivity index (χ4v) is 10.2. The van der Waals surface area contributed by atoms with E-state index in [1.165, 1.54) is 90.8 Å². The Morgan fingerprint density at radius 3 is 1.51 bits per heavy atom. The lowest BCUT2D eigenvalue weighted by Gasteiger charge is -2.26. The third kappa shape index (κ3) is 4.60. The average molecular weight is 717 g/mol. The van der Waals surface area contributed by atoms with E-state index in [-0.39, 0.29) is 0 Å². The van der Waals surface area contributed by atoms with Crippen LogP contribution in [0.5, 0.6) is 0 Å². The van der Waals surface area contributed by atoms with Crippen molar-refractivity contribution in [3.05, 3.63) is 194 Å². The van der Waals surface area contributed by atoms with Crippen LogP contribution in [0.4, 0.5) is 17.1 Å². The quantitative estimate of drug-likeness (QED) is 0.176. The lowest BCUT2D eigenvalue weighted by Crippen LogP contribution is -2.10. The number of anilines is 3. The number of nitrogens with zero attached hydrogens (tertiary/aromatic N) is 2. The van der Waals surface area contributed by atoms with Crippen molar-refractivity contribution >= 4 is 113 Å². The molecular formula is C52H32N2S. The van der Waals surface area contributed by atoms with Crippen molar-refractivity contribution in [1.29, 1.82) is 0 Å². The van der Waals surface area contributed by atoms with Gasteiger partial charge in [-0.3, -0.25) is 0 Å². The second-order valence-electron chi connectivity index (χ2n) is 14.5. The Morgan fingerprint density at radius 1 is 0.364 bits per heavy atom. The van der Waals surface area contributed by atoms with Crippen LogP contribution in [-0.2, 0) is 0 Å². The highest BCUT2D eigenvalue weighted by molar-refractivity contribution is 7.27. The van der Waals surface area contributed by atoms with Crippen molar-refractivity contribution in [2.75, 3.05) is 4.90 Å². The summed E-state index contributed by atoms with van der Waals surface area (Å²) in [6.07, 6.45) is 0. The maximum atomic E-state index is 2.53. The predicted molar refractivity (Wildman–Crippen MR) is 238 cm³/mol. The number of fused-ring (bicyclic) bond motifs is 13. The zero-order valence-electron chi connectivity index (χ0n) is 29.8. The van der Waals surface area contributed by atoms with Crippen LogP contribution in [0.1, 0.15) is 0 Å². The molecule has 256 valence electrons. The molecule has 0 bridgehead atoms. The molecule has 0 radical (unpaired) electrons. The van der Waals surface area contributed by atoms with Crippen molar-refractivity contribution < 1.29 is 0 Å². The zero-order chi connectivity index (χ0) is 36.0. The number of hydrogen-bond acceptors (Lipinski definition) is 2. The molecule has 0 atom stereocenters. The standard InChI is InChI=1S/C52H32N2S/c1-4-14-36-29-39(24-21-33(36)11-1)53(40-25-22-34-12-2-5-15-37(34)30-40)42-27-28-47-46(32-42)49-43-17-7-8-18-44(43)50-45-19-9-10-20-48(45)55-52(50)51(49)54(47)41-26-23-35-13-3-6-16-38(35)31-41/h1-32H. The Balaban J connectivity index is 1.22.